The number of aliphatic carboxylic acids is 2. The van der Waals surface area contributed by atoms with Crippen LogP contribution in [0.1, 0.15) is 24.3 Å². The number of aromatic nitrogens is 2. The lowest BCUT2D eigenvalue weighted by Crippen LogP contribution is -2.49. The minimum absolute atomic E-state index is 0.275. The second-order valence-corrected chi connectivity index (χ2v) is 9.37. The van der Waals surface area contributed by atoms with Crippen molar-refractivity contribution in [3.8, 4) is 0 Å². The van der Waals surface area contributed by atoms with E-state index in [1.165, 1.54) is 5.01 Å². The number of alkyl halides is 6. The van der Waals surface area contributed by atoms with Gasteiger partial charge in [-0.3, -0.25) is 4.90 Å². The number of nitrogens with one attached hydrogen (secondary N) is 1. The van der Waals surface area contributed by atoms with Crippen LogP contribution in [0.25, 0.3) is 0 Å². The monoisotopic (exact) mass is 572 g/mol. The number of piperidine rings is 1. The van der Waals surface area contributed by atoms with E-state index in [1.807, 2.05) is 30.6 Å². The van der Waals surface area contributed by atoms with Gasteiger partial charge in [-0.25, -0.2) is 19.6 Å². The van der Waals surface area contributed by atoms with Crippen LogP contribution >= 0.6 is 11.3 Å². The van der Waals surface area contributed by atoms with Crippen LogP contribution in [0.15, 0.2) is 36.0 Å². The van der Waals surface area contributed by atoms with Crippen LogP contribution in [0.4, 0.5) is 32.2 Å². The van der Waals surface area contributed by atoms with Crippen molar-refractivity contribution in [2.75, 3.05) is 31.6 Å². The van der Waals surface area contributed by atoms with Crippen molar-refractivity contribution in [3.63, 3.8) is 0 Å². The lowest BCUT2D eigenvalue weighted by atomic mass is 9.74. The summed E-state index contributed by atoms with van der Waals surface area (Å²) in [6.07, 6.45) is -2.60. The molecule has 0 spiro atoms. The smallest absolute Gasteiger partial charge is 0.475 e. The Hall–Kier alpha value is -2.98. The molecule has 2 aliphatic heterocycles. The van der Waals surface area contributed by atoms with Gasteiger partial charge in [-0.1, -0.05) is 6.07 Å². The number of halogens is 6. The number of nitrogens with zero attached hydrogens (tertiary/aromatic N) is 3. The molecule has 38 heavy (non-hydrogen) atoms. The van der Waals surface area contributed by atoms with Gasteiger partial charge in [-0.2, -0.15) is 26.3 Å². The maximum Gasteiger partial charge on any atom is 0.490 e. The Kier molecular flexibility index (Phi) is 11.3. The molecule has 0 radical (unpaired) electrons. The third-order valence-corrected chi connectivity index (χ3v) is 6.53. The number of carboxylic acid groups (broad SMARTS) is 2. The number of carboxylic acids is 2. The van der Waals surface area contributed by atoms with Gasteiger partial charge in [-0.05, 0) is 31.4 Å². The summed E-state index contributed by atoms with van der Waals surface area (Å²) in [5.74, 6) is -4.56. The van der Waals surface area contributed by atoms with Gasteiger partial charge < -0.3 is 20.3 Å². The predicted molar refractivity (Wildman–Crippen MR) is 124 cm³/mol. The van der Waals surface area contributed by atoms with E-state index in [2.05, 4.69) is 25.6 Å². The van der Waals surface area contributed by atoms with E-state index < -0.39 is 24.3 Å². The highest BCUT2D eigenvalue weighted by Crippen LogP contribution is 2.43. The summed E-state index contributed by atoms with van der Waals surface area (Å²) in [4.78, 5) is 29.1. The molecule has 0 saturated carbocycles. The zero-order valence-corrected chi connectivity index (χ0v) is 20.7. The summed E-state index contributed by atoms with van der Waals surface area (Å²) < 4.78 is 69.5. The largest absolute Gasteiger partial charge is 0.490 e. The summed E-state index contributed by atoms with van der Waals surface area (Å²) in [5, 5.41) is 21.0. The van der Waals surface area contributed by atoms with E-state index in [-0.39, 0.29) is 5.41 Å². The minimum atomic E-state index is -5.08. The number of pyridine rings is 1. The predicted octanol–water partition coefficient (Wildman–Crippen LogP) is 4.29. The quantitative estimate of drug-likeness (QED) is 0.435. The second kappa shape index (κ2) is 13.7. The normalized spacial score (nSPS) is 21.3. The highest BCUT2D eigenvalue weighted by atomic mass is 32.1. The first-order valence-corrected chi connectivity index (χ1v) is 12.1. The van der Waals surface area contributed by atoms with Gasteiger partial charge >= 0.3 is 24.3 Å². The summed E-state index contributed by atoms with van der Waals surface area (Å²) in [5.41, 5.74) is 0.275. The van der Waals surface area contributed by atoms with Crippen molar-refractivity contribution in [3.05, 3.63) is 41.0 Å². The Morgan fingerprint density at radius 1 is 1.11 bits per heavy atom. The van der Waals surface area contributed by atoms with Crippen molar-refractivity contribution < 1.29 is 50.9 Å². The number of carbonyl (C=O) groups is 2. The lowest BCUT2D eigenvalue weighted by Gasteiger charge is -2.43. The first kappa shape index (κ1) is 31.2. The molecule has 0 aromatic carbocycles. The number of ether oxygens (including phenoxy) is 1. The van der Waals surface area contributed by atoms with E-state index in [0.717, 1.165) is 57.9 Å². The minimum Gasteiger partial charge on any atom is -0.475 e. The third-order valence-electron chi connectivity index (χ3n) is 5.77. The number of anilines is 1. The number of thiazole rings is 1. The summed E-state index contributed by atoms with van der Waals surface area (Å²) in [6, 6.07) is 5.99. The molecule has 2 saturated heterocycles. The molecule has 2 aromatic heterocycles. The Balaban J connectivity index is 0.000000301. The maximum atomic E-state index is 10.6. The molecule has 4 rings (SSSR count). The highest BCUT2D eigenvalue weighted by molar-refractivity contribution is 7.09. The fourth-order valence-corrected chi connectivity index (χ4v) is 4.72. The molecule has 4 heterocycles. The average Bonchev–Trinajstić information content (AvgIpc) is 3.49. The molecule has 2 aromatic rings. The zero-order valence-electron chi connectivity index (χ0n) is 19.8. The highest BCUT2D eigenvalue weighted by Gasteiger charge is 2.47. The molecule has 2 fully saturated rings. The maximum absolute atomic E-state index is 10.6. The van der Waals surface area contributed by atoms with Gasteiger partial charge in [0.2, 0.25) is 0 Å². The molecule has 2 aliphatic rings. The van der Waals surface area contributed by atoms with E-state index >= 15 is 0 Å². The van der Waals surface area contributed by atoms with Gasteiger partial charge in [0.1, 0.15) is 10.8 Å². The number of hydrogen-bond donors (Lipinski definition) is 3. The van der Waals surface area contributed by atoms with Gasteiger partial charge in [0, 0.05) is 49.4 Å². The average molecular weight is 573 g/mol. The Bertz CT molecular complexity index is 986. The van der Waals surface area contributed by atoms with Gasteiger partial charge in [0.05, 0.1) is 12.6 Å². The van der Waals surface area contributed by atoms with Gasteiger partial charge in [-0.15, -0.1) is 11.3 Å². The lowest BCUT2D eigenvalue weighted by molar-refractivity contribution is -0.193. The van der Waals surface area contributed by atoms with Gasteiger partial charge in [0.15, 0.2) is 0 Å². The van der Waals surface area contributed by atoms with Crippen LogP contribution in [0.2, 0.25) is 0 Å². The fraction of sp³-hybridized carbons (Fsp3) is 0.545. The van der Waals surface area contributed by atoms with Crippen LogP contribution in [0.5, 0.6) is 0 Å². The molecular formula is C22H26F6N4O5S. The summed E-state index contributed by atoms with van der Waals surface area (Å²) in [6.45, 7) is 5.04. The summed E-state index contributed by atoms with van der Waals surface area (Å²) >= 11 is 1.75. The molecule has 0 amide bonds. The van der Waals surface area contributed by atoms with Crippen LogP contribution in [0, 0.1) is 5.41 Å². The SMILES string of the molecule is O=C(O)C(F)(F)F.O=C(O)C(F)(F)F.c1ccc(NCC[C@@]23CCO[C@@H]2CCN(Cc2nccs2)C3)nc1. The van der Waals surface area contributed by atoms with Crippen molar-refractivity contribution in [1.29, 1.82) is 0 Å². The Labute approximate surface area is 217 Å². The standard InChI is InChI=1S/C18H24N4OS.2C2HF3O2/c1-2-7-19-16(3-1)20-8-5-18-6-11-23-15(18)4-10-22(14-18)13-17-21-9-12-24-17;2*3-2(4,5)1(6)7/h1-3,7,9,12,15H,4-6,8,10-11,13-14H2,(H,19,20);2*(H,6,7)/t15-,18+;;/m1../s1. The third kappa shape index (κ3) is 10.1. The Morgan fingerprint density at radius 3 is 2.29 bits per heavy atom. The molecule has 2 atom stereocenters. The van der Waals surface area contributed by atoms with E-state index in [9.17, 15) is 26.3 Å². The first-order chi connectivity index (χ1) is 17.7. The number of likely N-dealkylation sites (tertiary alicyclic amines) is 1. The molecular weight excluding hydrogens is 546 g/mol. The van der Waals surface area contributed by atoms with Crippen molar-refractivity contribution in [1.82, 2.24) is 14.9 Å². The van der Waals surface area contributed by atoms with Crippen LogP contribution in [0.3, 0.4) is 0 Å². The van der Waals surface area contributed by atoms with Crippen molar-refractivity contribution in [2.24, 2.45) is 5.41 Å². The molecule has 212 valence electrons. The molecule has 9 nitrogen and oxygen atoms in total. The van der Waals surface area contributed by atoms with Crippen LogP contribution < -0.4 is 5.32 Å². The van der Waals surface area contributed by atoms with Crippen LogP contribution in [-0.2, 0) is 20.9 Å². The van der Waals surface area contributed by atoms with E-state index in [1.54, 1.807) is 11.3 Å². The van der Waals surface area contributed by atoms with Crippen LogP contribution in [-0.4, -0.2) is 81.7 Å². The molecule has 0 unspecified atom stereocenters. The number of hydrogen-bond acceptors (Lipinski definition) is 8. The van der Waals surface area contributed by atoms with E-state index in [0.29, 0.717) is 6.10 Å². The first-order valence-electron chi connectivity index (χ1n) is 11.2. The fourth-order valence-electron chi connectivity index (χ4n) is 4.07. The molecule has 0 bridgehead atoms. The van der Waals surface area contributed by atoms with E-state index in [4.69, 9.17) is 24.5 Å². The Morgan fingerprint density at radius 2 is 1.76 bits per heavy atom. The molecule has 16 heteroatoms. The summed E-state index contributed by atoms with van der Waals surface area (Å²) in [7, 11) is 0. The molecule has 3 N–H and O–H groups in total. The topological polar surface area (TPSA) is 125 Å². The zero-order chi connectivity index (χ0) is 28.4. The van der Waals surface area contributed by atoms with Gasteiger partial charge in [0.25, 0.3) is 0 Å². The second-order valence-electron chi connectivity index (χ2n) is 8.39. The number of rotatable bonds is 6. The molecule has 0 aliphatic carbocycles. The van der Waals surface area contributed by atoms with Crippen molar-refractivity contribution in [2.45, 2.75) is 44.3 Å². The number of fused-ring (bicyclic) bond motifs is 1. The van der Waals surface area contributed by atoms with Crippen molar-refractivity contribution >= 4 is 29.1 Å².